The molecule has 3 aliphatic rings. The minimum atomic E-state index is -0.456. The van der Waals surface area contributed by atoms with Gasteiger partial charge in [-0.25, -0.2) is 4.79 Å². The Morgan fingerprint density at radius 2 is 2.04 bits per heavy atom. The van der Waals surface area contributed by atoms with E-state index in [9.17, 15) is 4.79 Å². The molecule has 1 amide bonds. The van der Waals surface area contributed by atoms with E-state index in [4.69, 9.17) is 9.84 Å². The first kappa shape index (κ1) is 16.9. The number of hydrogen-bond donors (Lipinski definition) is 2. The Morgan fingerprint density at radius 3 is 2.64 bits per heavy atom. The third-order valence-electron chi connectivity index (χ3n) is 6.48. The minimum absolute atomic E-state index is 0.0883. The summed E-state index contributed by atoms with van der Waals surface area (Å²) < 4.78 is 7.73. The van der Waals surface area contributed by atoms with Crippen LogP contribution in [0.1, 0.15) is 63.4 Å². The van der Waals surface area contributed by atoms with Gasteiger partial charge in [-0.05, 0) is 53.4 Å². The highest BCUT2D eigenvalue weighted by Gasteiger charge is 2.66. The highest BCUT2D eigenvalue weighted by molar-refractivity contribution is 5.69. The molecule has 0 bridgehead atoms. The van der Waals surface area contributed by atoms with Crippen molar-refractivity contribution in [3.05, 3.63) is 17.0 Å². The van der Waals surface area contributed by atoms with E-state index < -0.39 is 5.60 Å². The topological polar surface area (TPSA) is 68.2 Å². The lowest BCUT2D eigenvalue weighted by atomic mass is 9.42. The summed E-state index contributed by atoms with van der Waals surface area (Å²) >= 11 is 0. The molecule has 4 rings (SSSR count). The number of carbonyl (C=O) groups is 1. The Kier molecular flexibility index (Phi) is 3.69. The van der Waals surface area contributed by atoms with Crippen LogP contribution in [0.4, 0.5) is 4.79 Å². The van der Waals surface area contributed by atoms with E-state index in [1.165, 1.54) is 11.3 Å². The SMILES string of the molecule is Cc1nn(CC23CCC2(NC(=O)OC(C)(C)C)CC3)c2c1CNCC2. The third kappa shape index (κ3) is 2.65. The molecule has 138 valence electrons. The number of aryl methyl sites for hydroxylation is 1. The van der Waals surface area contributed by atoms with Crippen molar-refractivity contribution in [2.75, 3.05) is 6.54 Å². The lowest BCUT2D eigenvalue weighted by Gasteiger charge is -2.68. The van der Waals surface area contributed by atoms with E-state index in [0.717, 1.165) is 57.4 Å². The molecular weight excluding hydrogens is 316 g/mol. The Hall–Kier alpha value is -1.56. The molecule has 2 heterocycles. The Morgan fingerprint density at radius 1 is 1.32 bits per heavy atom. The van der Waals surface area contributed by atoms with Crippen LogP contribution in [0.2, 0.25) is 0 Å². The van der Waals surface area contributed by atoms with Gasteiger partial charge in [0.05, 0.1) is 11.2 Å². The summed E-state index contributed by atoms with van der Waals surface area (Å²) in [6, 6.07) is 0. The van der Waals surface area contributed by atoms with Crippen LogP contribution in [0.5, 0.6) is 0 Å². The number of fused-ring (bicyclic) bond motifs is 2. The van der Waals surface area contributed by atoms with Crippen LogP contribution in [0.15, 0.2) is 0 Å². The largest absolute Gasteiger partial charge is 0.444 e. The van der Waals surface area contributed by atoms with E-state index in [1.807, 2.05) is 20.8 Å². The molecule has 0 atom stereocenters. The Bertz CT molecular complexity index is 693. The fourth-order valence-electron chi connectivity index (χ4n) is 4.89. The van der Waals surface area contributed by atoms with Gasteiger partial charge in [-0.2, -0.15) is 5.10 Å². The van der Waals surface area contributed by atoms with Crippen LogP contribution in [-0.4, -0.2) is 33.6 Å². The van der Waals surface area contributed by atoms with Crippen molar-refractivity contribution in [3.63, 3.8) is 0 Å². The van der Waals surface area contributed by atoms with Gasteiger partial charge in [-0.15, -0.1) is 0 Å². The first-order chi connectivity index (χ1) is 11.7. The molecule has 2 N–H and O–H groups in total. The maximum Gasteiger partial charge on any atom is 0.408 e. The van der Waals surface area contributed by atoms with Crippen LogP contribution in [0, 0.1) is 12.3 Å². The molecule has 2 saturated carbocycles. The lowest BCUT2D eigenvalue weighted by Crippen LogP contribution is -2.74. The van der Waals surface area contributed by atoms with Crippen LogP contribution >= 0.6 is 0 Å². The van der Waals surface area contributed by atoms with Gasteiger partial charge in [0.1, 0.15) is 5.60 Å². The number of nitrogens with zero attached hydrogens (tertiary/aromatic N) is 2. The zero-order valence-corrected chi connectivity index (χ0v) is 15.9. The monoisotopic (exact) mass is 346 g/mol. The van der Waals surface area contributed by atoms with E-state index in [-0.39, 0.29) is 17.0 Å². The molecule has 0 saturated heterocycles. The average Bonchev–Trinajstić information content (AvgIpc) is 2.84. The Balaban J connectivity index is 1.51. The number of ether oxygens (including phenoxy) is 1. The number of rotatable bonds is 3. The Labute approximate surface area is 149 Å². The van der Waals surface area contributed by atoms with Gasteiger partial charge in [0.2, 0.25) is 0 Å². The molecule has 1 aliphatic heterocycles. The van der Waals surface area contributed by atoms with Crippen LogP contribution in [0.25, 0.3) is 0 Å². The van der Waals surface area contributed by atoms with E-state index in [1.54, 1.807) is 0 Å². The van der Waals surface area contributed by atoms with Gasteiger partial charge in [0, 0.05) is 42.7 Å². The zero-order chi connectivity index (χ0) is 17.9. The molecule has 2 fully saturated rings. The fraction of sp³-hybridized carbons (Fsp3) is 0.789. The predicted octanol–water partition coefficient (Wildman–Crippen LogP) is 2.67. The highest BCUT2D eigenvalue weighted by atomic mass is 16.6. The van der Waals surface area contributed by atoms with Gasteiger partial charge >= 0.3 is 6.09 Å². The number of amides is 1. The van der Waals surface area contributed by atoms with Gasteiger partial charge in [0.25, 0.3) is 0 Å². The maximum absolute atomic E-state index is 12.3. The summed E-state index contributed by atoms with van der Waals surface area (Å²) in [7, 11) is 0. The highest BCUT2D eigenvalue weighted by Crippen LogP contribution is 2.65. The van der Waals surface area contributed by atoms with Gasteiger partial charge < -0.3 is 15.4 Å². The number of hydrogen-bond acceptors (Lipinski definition) is 4. The lowest BCUT2D eigenvalue weighted by molar-refractivity contribution is -0.139. The van der Waals surface area contributed by atoms with Crippen molar-refractivity contribution in [3.8, 4) is 0 Å². The molecule has 25 heavy (non-hydrogen) atoms. The second-order valence-corrected chi connectivity index (χ2v) is 9.08. The smallest absolute Gasteiger partial charge is 0.408 e. The summed E-state index contributed by atoms with van der Waals surface area (Å²) in [6.07, 6.45) is 5.19. The first-order valence-corrected chi connectivity index (χ1v) is 9.51. The van der Waals surface area contributed by atoms with Crippen LogP contribution < -0.4 is 10.6 Å². The molecule has 0 unspecified atom stereocenters. The molecule has 0 aromatic carbocycles. The zero-order valence-electron chi connectivity index (χ0n) is 15.9. The quantitative estimate of drug-likeness (QED) is 0.883. The summed E-state index contributed by atoms with van der Waals surface area (Å²) in [6.45, 7) is 10.7. The van der Waals surface area contributed by atoms with E-state index >= 15 is 0 Å². The van der Waals surface area contributed by atoms with Gasteiger partial charge in [-0.1, -0.05) is 0 Å². The number of carbonyl (C=O) groups excluding carboxylic acids is 1. The van der Waals surface area contributed by atoms with Crippen molar-refractivity contribution in [2.24, 2.45) is 5.41 Å². The third-order valence-corrected chi connectivity index (χ3v) is 6.48. The predicted molar refractivity (Wildman–Crippen MR) is 95.4 cm³/mol. The summed E-state index contributed by atoms with van der Waals surface area (Å²) in [5.74, 6) is 0. The average molecular weight is 346 g/mol. The second-order valence-electron chi connectivity index (χ2n) is 9.08. The van der Waals surface area contributed by atoms with Crippen molar-refractivity contribution in [2.45, 2.75) is 84.0 Å². The fourth-order valence-corrected chi connectivity index (χ4v) is 4.89. The van der Waals surface area contributed by atoms with Gasteiger partial charge in [0.15, 0.2) is 0 Å². The summed E-state index contributed by atoms with van der Waals surface area (Å²) in [5.41, 5.74) is 3.50. The number of aromatic nitrogens is 2. The molecular formula is C19H30N4O2. The number of nitrogens with one attached hydrogen (secondary N) is 2. The molecule has 6 heteroatoms. The molecule has 2 aliphatic carbocycles. The molecule has 1 aromatic heterocycles. The second kappa shape index (κ2) is 5.47. The summed E-state index contributed by atoms with van der Waals surface area (Å²) in [4.78, 5) is 12.3. The molecule has 0 spiro atoms. The summed E-state index contributed by atoms with van der Waals surface area (Å²) in [5, 5.41) is 11.5. The van der Waals surface area contributed by atoms with Crippen LogP contribution in [-0.2, 0) is 24.2 Å². The molecule has 6 nitrogen and oxygen atoms in total. The van der Waals surface area contributed by atoms with Crippen molar-refractivity contribution >= 4 is 6.09 Å². The van der Waals surface area contributed by atoms with Crippen molar-refractivity contribution in [1.29, 1.82) is 0 Å². The van der Waals surface area contributed by atoms with Crippen molar-refractivity contribution in [1.82, 2.24) is 20.4 Å². The van der Waals surface area contributed by atoms with Crippen molar-refractivity contribution < 1.29 is 9.53 Å². The van der Waals surface area contributed by atoms with E-state index in [2.05, 4.69) is 22.2 Å². The van der Waals surface area contributed by atoms with Crippen LogP contribution in [0.3, 0.4) is 0 Å². The molecule has 0 radical (unpaired) electrons. The number of alkyl carbamates (subject to hydrolysis) is 1. The maximum atomic E-state index is 12.3. The van der Waals surface area contributed by atoms with E-state index in [0.29, 0.717) is 0 Å². The molecule has 1 aromatic rings. The first-order valence-electron chi connectivity index (χ1n) is 9.51. The normalized spacial score (nSPS) is 30.6. The minimum Gasteiger partial charge on any atom is -0.444 e. The standard InChI is InChI=1S/C19H30N4O2/c1-13-14-11-20-10-5-15(14)23(22-13)12-18-6-8-19(18,9-7-18)21-16(24)25-17(2,3)4/h20H,5-12H2,1-4H3,(H,21,24). The van der Waals surface area contributed by atoms with Gasteiger partial charge in [-0.3, -0.25) is 4.68 Å².